The van der Waals surface area contributed by atoms with Crippen molar-refractivity contribution in [2.45, 2.75) is 213 Å². The molecular formula is C66H108NO8P. The summed E-state index contributed by atoms with van der Waals surface area (Å²) in [6.45, 7) is 3.95. The average Bonchev–Trinajstić information content (AvgIpc) is 3.38. The summed E-state index contributed by atoms with van der Waals surface area (Å²) in [5, 5.41) is 0. The number of rotatable bonds is 52. The molecule has 2 atom stereocenters. The first-order valence-corrected chi connectivity index (χ1v) is 31.0. The number of ether oxygens (including phenoxy) is 2. The molecule has 0 saturated carbocycles. The molecule has 0 aliphatic rings. The van der Waals surface area contributed by atoms with Crippen molar-refractivity contribution in [1.82, 2.24) is 0 Å². The third-order valence-electron chi connectivity index (χ3n) is 11.9. The van der Waals surface area contributed by atoms with Crippen molar-refractivity contribution in [3.8, 4) is 0 Å². The fourth-order valence-corrected chi connectivity index (χ4v) is 8.10. The lowest BCUT2D eigenvalue weighted by Gasteiger charge is -2.28. The zero-order valence-electron chi connectivity index (χ0n) is 48.6. The number of hydrogen-bond acceptors (Lipinski definition) is 8. The van der Waals surface area contributed by atoms with Crippen molar-refractivity contribution >= 4 is 19.8 Å². The van der Waals surface area contributed by atoms with Crippen LogP contribution in [0.2, 0.25) is 0 Å². The highest BCUT2D eigenvalue weighted by Crippen LogP contribution is 2.38. The molecule has 0 bridgehead atoms. The number of esters is 2. The minimum atomic E-state index is -4.66. The van der Waals surface area contributed by atoms with Crippen LogP contribution < -0.4 is 4.89 Å². The largest absolute Gasteiger partial charge is 0.756 e. The normalized spacial score (nSPS) is 14.3. The van der Waals surface area contributed by atoms with Gasteiger partial charge in [0, 0.05) is 12.8 Å². The van der Waals surface area contributed by atoms with Crippen LogP contribution in [0.15, 0.2) is 146 Å². The molecule has 0 aromatic rings. The summed E-state index contributed by atoms with van der Waals surface area (Å²) in [6.07, 6.45) is 81.8. The van der Waals surface area contributed by atoms with Gasteiger partial charge in [0.1, 0.15) is 19.8 Å². The zero-order chi connectivity index (χ0) is 55.6. The van der Waals surface area contributed by atoms with Gasteiger partial charge in [-0.25, -0.2) is 0 Å². The predicted octanol–water partition coefficient (Wildman–Crippen LogP) is 18.1. The van der Waals surface area contributed by atoms with Gasteiger partial charge >= 0.3 is 11.9 Å². The van der Waals surface area contributed by atoms with Crippen LogP contribution in [-0.4, -0.2) is 70.0 Å². The Balaban J connectivity index is 4.27. The van der Waals surface area contributed by atoms with E-state index in [1.165, 1.54) is 44.9 Å². The average molecular weight is 1070 g/mol. The van der Waals surface area contributed by atoms with Crippen molar-refractivity contribution < 1.29 is 42.1 Å². The van der Waals surface area contributed by atoms with E-state index in [-0.39, 0.29) is 26.1 Å². The highest BCUT2D eigenvalue weighted by molar-refractivity contribution is 7.45. The summed E-state index contributed by atoms with van der Waals surface area (Å²) in [5.41, 5.74) is 0. The molecule has 2 unspecified atom stereocenters. The number of carbonyl (C=O) groups excluding carboxylic acids is 2. The first-order chi connectivity index (χ1) is 37.0. The molecular weight excluding hydrogens is 966 g/mol. The van der Waals surface area contributed by atoms with Crippen molar-refractivity contribution in [3.05, 3.63) is 146 Å². The summed E-state index contributed by atoms with van der Waals surface area (Å²) in [7, 11) is 1.12. The van der Waals surface area contributed by atoms with Crippen LogP contribution in [0.1, 0.15) is 206 Å². The Morgan fingerprint density at radius 3 is 1.07 bits per heavy atom. The summed E-state index contributed by atoms with van der Waals surface area (Å²) in [6, 6.07) is 0. The van der Waals surface area contributed by atoms with Gasteiger partial charge in [-0.3, -0.25) is 14.2 Å². The minimum Gasteiger partial charge on any atom is -0.756 e. The van der Waals surface area contributed by atoms with Gasteiger partial charge in [-0.15, -0.1) is 0 Å². The Morgan fingerprint density at radius 1 is 0.408 bits per heavy atom. The van der Waals surface area contributed by atoms with E-state index in [0.29, 0.717) is 23.9 Å². The van der Waals surface area contributed by atoms with Crippen LogP contribution in [0.25, 0.3) is 0 Å². The van der Waals surface area contributed by atoms with Gasteiger partial charge in [0.2, 0.25) is 0 Å². The third kappa shape index (κ3) is 59.1. The van der Waals surface area contributed by atoms with Crippen molar-refractivity contribution in [2.75, 3.05) is 47.5 Å². The van der Waals surface area contributed by atoms with Gasteiger partial charge in [-0.1, -0.05) is 224 Å². The number of quaternary nitrogens is 1. The molecule has 0 spiro atoms. The molecule has 0 heterocycles. The van der Waals surface area contributed by atoms with Gasteiger partial charge < -0.3 is 27.9 Å². The Kier molecular flexibility index (Phi) is 52.6. The van der Waals surface area contributed by atoms with E-state index >= 15 is 0 Å². The van der Waals surface area contributed by atoms with Crippen LogP contribution in [0.4, 0.5) is 0 Å². The number of allylic oxidation sites excluding steroid dienone is 24. The number of carbonyl (C=O) groups is 2. The SMILES string of the molecule is CC/C=C\C/C=C\C/C=C\C/C=C\C/C=C\C/C=C\C/C=C\CCCCCC(=O)OC(COC(=O)CCCCCCCCCCCCC/C=C\C/C=C\C/C=C\C/C=C\C/C=C\CC)COP(=O)([O-])OCC[N+](C)(C)C. The van der Waals surface area contributed by atoms with Crippen molar-refractivity contribution in [1.29, 1.82) is 0 Å². The van der Waals surface area contributed by atoms with Crippen LogP contribution in [-0.2, 0) is 32.7 Å². The molecule has 9 nitrogen and oxygen atoms in total. The summed E-state index contributed by atoms with van der Waals surface area (Å²) >= 11 is 0. The van der Waals surface area contributed by atoms with Crippen LogP contribution in [0, 0.1) is 0 Å². The molecule has 430 valence electrons. The Bertz CT molecular complexity index is 1790. The lowest BCUT2D eigenvalue weighted by molar-refractivity contribution is -0.870. The van der Waals surface area contributed by atoms with E-state index in [1.807, 2.05) is 21.1 Å². The van der Waals surface area contributed by atoms with Crippen molar-refractivity contribution in [2.24, 2.45) is 0 Å². The van der Waals surface area contributed by atoms with Crippen LogP contribution in [0.3, 0.4) is 0 Å². The van der Waals surface area contributed by atoms with Gasteiger partial charge in [0.15, 0.2) is 6.10 Å². The fraction of sp³-hybridized carbons (Fsp3) is 0.606. The minimum absolute atomic E-state index is 0.0467. The number of phosphoric acid groups is 1. The predicted molar refractivity (Wildman–Crippen MR) is 323 cm³/mol. The summed E-state index contributed by atoms with van der Waals surface area (Å²) in [5.74, 6) is -0.887. The molecule has 10 heteroatoms. The van der Waals surface area contributed by atoms with E-state index in [9.17, 15) is 19.0 Å². The van der Waals surface area contributed by atoms with Gasteiger partial charge in [0.05, 0.1) is 27.7 Å². The Morgan fingerprint density at radius 2 is 0.711 bits per heavy atom. The third-order valence-corrected chi connectivity index (χ3v) is 12.8. The number of unbranched alkanes of at least 4 members (excludes halogenated alkanes) is 14. The summed E-state index contributed by atoms with van der Waals surface area (Å²) < 4.78 is 34.1. The molecule has 0 N–H and O–H groups in total. The molecule has 0 amide bonds. The lowest BCUT2D eigenvalue weighted by atomic mass is 10.0. The highest BCUT2D eigenvalue weighted by atomic mass is 31.2. The van der Waals surface area contributed by atoms with Gasteiger partial charge in [0.25, 0.3) is 7.82 Å². The molecule has 0 aliphatic heterocycles. The lowest BCUT2D eigenvalue weighted by Crippen LogP contribution is -2.37. The standard InChI is InChI=1S/C66H108NO8P/c1-6-8-10-12-14-16-18-20-22-24-26-28-30-32-33-35-36-38-40-42-44-46-48-50-52-54-56-58-65(68)72-62-64(63-74-76(70,71)73-61-60-67(3,4)5)75-66(69)59-57-55-53-51-49-47-45-43-41-39-37-34-31-29-27-25-23-21-19-17-15-13-11-9-7-2/h8-11,14-17,20-23,26-29,32-34,37,41,43,47,49,64H,6-7,12-13,18-19,24-25,30-31,35-36,38-40,42,44-46,48,50-63H2,1-5H3/b10-8-,11-9-,16-14-,17-15-,22-20-,23-21-,28-26-,29-27-,33-32-,37-34-,43-41-,49-47-. The maximum atomic E-state index is 12.8. The first kappa shape index (κ1) is 71.9. The van der Waals surface area contributed by atoms with E-state index in [1.54, 1.807) is 0 Å². The van der Waals surface area contributed by atoms with Gasteiger partial charge in [-0.2, -0.15) is 0 Å². The molecule has 0 aromatic heterocycles. The summed E-state index contributed by atoms with van der Waals surface area (Å²) in [4.78, 5) is 37.9. The van der Waals surface area contributed by atoms with E-state index in [2.05, 4.69) is 160 Å². The molecule has 0 saturated heterocycles. The molecule has 76 heavy (non-hydrogen) atoms. The molecule has 0 rings (SSSR count). The zero-order valence-corrected chi connectivity index (χ0v) is 49.5. The Labute approximate surface area is 465 Å². The number of likely N-dealkylation sites (N-methyl/N-ethyl adjacent to an activating group) is 1. The van der Waals surface area contributed by atoms with E-state index < -0.39 is 32.5 Å². The smallest absolute Gasteiger partial charge is 0.306 e. The maximum Gasteiger partial charge on any atom is 0.306 e. The molecule has 0 aliphatic carbocycles. The monoisotopic (exact) mass is 1070 g/mol. The topological polar surface area (TPSA) is 111 Å². The number of nitrogens with zero attached hydrogens (tertiary/aromatic N) is 1. The van der Waals surface area contributed by atoms with Crippen LogP contribution >= 0.6 is 7.82 Å². The van der Waals surface area contributed by atoms with E-state index in [4.69, 9.17) is 18.5 Å². The first-order valence-electron chi connectivity index (χ1n) is 29.5. The highest BCUT2D eigenvalue weighted by Gasteiger charge is 2.21. The second kappa shape index (κ2) is 55.6. The number of hydrogen-bond donors (Lipinski definition) is 0. The molecule has 0 radical (unpaired) electrons. The second-order valence-electron chi connectivity index (χ2n) is 20.2. The fourth-order valence-electron chi connectivity index (χ4n) is 7.37. The quantitative estimate of drug-likeness (QED) is 0.0195. The van der Waals surface area contributed by atoms with Gasteiger partial charge in [-0.05, 0) is 116 Å². The second-order valence-corrected chi connectivity index (χ2v) is 21.7. The maximum absolute atomic E-state index is 12.8. The molecule has 0 fully saturated rings. The number of phosphoric ester groups is 1. The molecule has 0 aromatic carbocycles. The van der Waals surface area contributed by atoms with Crippen molar-refractivity contribution in [3.63, 3.8) is 0 Å². The van der Waals surface area contributed by atoms with E-state index in [0.717, 1.165) is 122 Å². The van der Waals surface area contributed by atoms with Crippen LogP contribution in [0.5, 0.6) is 0 Å². The Hall–Kier alpha value is -4.11.